The highest BCUT2D eigenvalue weighted by Gasteiger charge is 2.17. The smallest absolute Gasteiger partial charge is 0.306 e. The average Bonchev–Trinajstić information content (AvgIpc) is 3.43. The van der Waals surface area contributed by atoms with Gasteiger partial charge in [-0.15, -0.1) is 0 Å². The minimum Gasteiger partial charge on any atom is -0.462 e. The molecule has 4 aromatic rings. The van der Waals surface area contributed by atoms with Crippen molar-refractivity contribution in [2.24, 2.45) is 9.98 Å². The molecule has 7 heteroatoms. The third-order valence-corrected chi connectivity index (χ3v) is 13.6. The van der Waals surface area contributed by atoms with E-state index in [1.807, 2.05) is 24.3 Å². The first-order valence-electron chi connectivity index (χ1n) is 29.3. The molecule has 0 fully saturated rings. The predicted octanol–water partition coefficient (Wildman–Crippen LogP) is 17.3. The van der Waals surface area contributed by atoms with Gasteiger partial charge in [0, 0.05) is 41.7 Å². The van der Waals surface area contributed by atoms with E-state index >= 15 is 0 Å². The zero-order valence-electron chi connectivity index (χ0n) is 46.5. The molecule has 1 N–H and O–H groups in total. The molecule has 0 saturated heterocycles. The summed E-state index contributed by atoms with van der Waals surface area (Å²) in [7, 11) is 0. The first-order chi connectivity index (χ1) is 35.9. The van der Waals surface area contributed by atoms with Crippen molar-refractivity contribution in [2.45, 2.75) is 226 Å². The minimum absolute atomic E-state index is 0.0343. The number of aliphatic hydroxyl groups is 1. The van der Waals surface area contributed by atoms with Crippen LogP contribution in [0, 0.1) is 0 Å². The lowest BCUT2D eigenvalue weighted by molar-refractivity contribution is -0.150. The van der Waals surface area contributed by atoms with Crippen molar-refractivity contribution in [1.82, 2.24) is 0 Å². The van der Waals surface area contributed by atoms with E-state index in [-0.39, 0.29) is 30.3 Å². The molecule has 0 unspecified atom stereocenters. The van der Waals surface area contributed by atoms with Gasteiger partial charge in [-0.2, -0.15) is 0 Å². The molecule has 0 aliphatic heterocycles. The Bertz CT molecular complexity index is 1860. The Labute approximate surface area is 445 Å². The predicted molar refractivity (Wildman–Crippen MR) is 311 cm³/mol. The topological polar surface area (TPSA) is 89.7 Å². The lowest BCUT2D eigenvalue weighted by Crippen LogP contribution is -2.22. The van der Waals surface area contributed by atoms with Crippen LogP contribution in [-0.4, -0.2) is 73.2 Å². The number of unbranched alkanes of at least 4 members (excludes halogenated alkanes) is 16. The number of nitrogens with zero attached hydrogens (tertiary/aromatic N) is 2. The Morgan fingerprint density at radius 1 is 0.425 bits per heavy atom. The second-order valence-electron chi connectivity index (χ2n) is 20.0. The lowest BCUT2D eigenvalue weighted by Gasteiger charge is -2.19. The third-order valence-electron chi connectivity index (χ3n) is 13.6. The molecule has 0 amide bonds. The molecule has 0 spiro atoms. The molecule has 4 rings (SSSR count). The molecule has 0 aromatic heterocycles. The Morgan fingerprint density at radius 2 is 0.767 bits per heavy atom. The standard InChI is InChI=1S/C39H61NO3.C27H39NO2/c1-4-7-9-11-12-13-14-16-24-30-38(41)43-37(29-23-15-10-8-5-2)31-32-42-33-36(6-3)40-39(34-25-19-17-20-26-34)35-27-21-18-22-28-35;1-3-5-6-7-14-19-26(29)20-21-30-22-25(4-2)28-27(23-15-10-8-11-16-23)24-17-12-9-13-18-24/h17-22,25-28,36-37H,4-16,23-24,29-33H2,1-3H3;8-13,15-18,25-26,29H,3-7,14,19-22H2,1-2H3/t36-,37+;25-,26+/m00/s1. The first-order valence-corrected chi connectivity index (χ1v) is 29.3. The molecule has 0 aliphatic rings. The second kappa shape index (κ2) is 42.9. The molecule has 404 valence electrons. The highest BCUT2D eigenvalue weighted by Crippen LogP contribution is 2.19. The number of aliphatic hydroxyl groups excluding tert-OH is 1. The van der Waals surface area contributed by atoms with E-state index in [0.29, 0.717) is 39.3 Å². The maximum absolute atomic E-state index is 12.7. The van der Waals surface area contributed by atoms with Crippen LogP contribution >= 0.6 is 0 Å². The molecule has 73 heavy (non-hydrogen) atoms. The number of ether oxygens (including phenoxy) is 3. The van der Waals surface area contributed by atoms with Crippen molar-refractivity contribution in [3.63, 3.8) is 0 Å². The average molecular weight is 1000 g/mol. The highest BCUT2D eigenvalue weighted by atomic mass is 16.5. The summed E-state index contributed by atoms with van der Waals surface area (Å²) in [5, 5.41) is 10.2. The van der Waals surface area contributed by atoms with Crippen molar-refractivity contribution < 1.29 is 24.1 Å². The Hall–Kier alpha value is -4.43. The van der Waals surface area contributed by atoms with Crippen molar-refractivity contribution >= 4 is 17.4 Å². The van der Waals surface area contributed by atoms with Gasteiger partial charge in [0.05, 0.1) is 49.4 Å². The fourth-order valence-corrected chi connectivity index (χ4v) is 8.94. The van der Waals surface area contributed by atoms with Crippen LogP contribution in [0.2, 0.25) is 0 Å². The van der Waals surface area contributed by atoms with Gasteiger partial charge in [-0.25, -0.2) is 0 Å². The molecule has 4 aromatic carbocycles. The van der Waals surface area contributed by atoms with Crippen molar-refractivity contribution in [3.8, 4) is 0 Å². The van der Waals surface area contributed by atoms with Crippen molar-refractivity contribution in [1.29, 1.82) is 0 Å². The van der Waals surface area contributed by atoms with E-state index in [4.69, 9.17) is 24.2 Å². The molecule has 0 bridgehead atoms. The van der Waals surface area contributed by atoms with Gasteiger partial charge in [0.25, 0.3) is 0 Å². The SMILES string of the molecule is CCCCCCCCCCCC(=O)O[C@H](CCCCCCC)CCOC[C@H](CC)N=C(c1ccccc1)c1ccccc1.CCCCCCC[C@@H](O)CCOC[C@H](CC)N=C(c1ccccc1)c1ccccc1. The molecule has 4 atom stereocenters. The number of carbonyl (C=O) groups excluding carboxylic acids is 1. The summed E-state index contributed by atoms with van der Waals surface area (Å²) < 4.78 is 18.1. The number of hydrogen-bond donors (Lipinski definition) is 1. The fourth-order valence-electron chi connectivity index (χ4n) is 8.94. The van der Waals surface area contributed by atoms with Gasteiger partial charge in [0.1, 0.15) is 6.10 Å². The van der Waals surface area contributed by atoms with Crippen molar-refractivity contribution in [3.05, 3.63) is 144 Å². The summed E-state index contributed by atoms with van der Waals surface area (Å²) in [5.41, 5.74) is 6.51. The largest absolute Gasteiger partial charge is 0.462 e. The van der Waals surface area contributed by atoms with E-state index in [1.54, 1.807) is 0 Å². The van der Waals surface area contributed by atoms with Gasteiger partial charge < -0.3 is 19.3 Å². The fraction of sp³-hybridized carbons (Fsp3) is 0.591. The summed E-state index contributed by atoms with van der Waals surface area (Å²) in [6, 6.07) is 41.7. The molecule has 0 aliphatic carbocycles. The number of carbonyl (C=O) groups is 1. The van der Waals surface area contributed by atoms with Crippen LogP contribution in [0.3, 0.4) is 0 Å². The van der Waals surface area contributed by atoms with Gasteiger partial charge in [0.15, 0.2) is 0 Å². The zero-order chi connectivity index (χ0) is 52.2. The highest BCUT2D eigenvalue weighted by molar-refractivity contribution is 6.13. The number of aliphatic imine (C=N–C) groups is 2. The third kappa shape index (κ3) is 29.9. The molecule has 0 heterocycles. The number of hydrogen-bond acceptors (Lipinski definition) is 7. The Balaban J connectivity index is 0.000000410. The summed E-state index contributed by atoms with van der Waals surface area (Å²) in [6.45, 7) is 13.4. The van der Waals surface area contributed by atoms with E-state index in [9.17, 15) is 9.90 Å². The Kier molecular flexibility index (Phi) is 36.9. The number of rotatable bonds is 41. The van der Waals surface area contributed by atoms with Gasteiger partial charge >= 0.3 is 5.97 Å². The molecule has 0 radical (unpaired) electrons. The van der Waals surface area contributed by atoms with E-state index in [0.717, 1.165) is 91.5 Å². The minimum atomic E-state index is -0.251. The van der Waals surface area contributed by atoms with Crippen LogP contribution in [-0.2, 0) is 19.0 Å². The summed E-state index contributed by atoms with van der Waals surface area (Å²) >= 11 is 0. The van der Waals surface area contributed by atoms with E-state index in [2.05, 4.69) is 132 Å². The van der Waals surface area contributed by atoms with Crippen LogP contribution in [0.25, 0.3) is 0 Å². The zero-order valence-corrected chi connectivity index (χ0v) is 46.5. The van der Waals surface area contributed by atoms with Crippen LogP contribution in [0.15, 0.2) is 131 Å². The first kappa shape index (κ1) is 62.9. The lowest BCUT2D eigenvalue weighted by atomic mass is 10.0. The molecule has 7 nitrogen and oxygen atoms in total. The van der Waals surface area contributed by atoms with Crippen LogP contribution in [0.1, 0.15) is 224 Å². The van der Waals surface area contributed by atoms with Crippen LogP contribution < -0.4 is 0 Å². The Morgan fingerprint density at radius 3 is 1.15 bits per heavy atom. The monoisotopic (exact) mass is 1000 g/mol. The van der Waals surface area contributed by atoms with E-state index in [1.165, 1.54) is 96.3 Å². The molecular weight excluding hydrogens is 901 g/mol. The van der Waals surface area contributed by atoms with Gasteiger partial charge in [-0.1, -0.05) is 265 Å². The molecule has 0 saturated carbocycles. The molecular formula is C66H100N2O5. The van der Waals surface area contributed by atoms with Crippen LogP contribution in [0.4, 0.5) is 0 Å². The van der Waals surface area contributed by atoms with Crippen LogP contribution in [0.5, 0.6) is 0 Å². The van der Waals surface area contributed by atoms with Gasteiger partial charge in [0.2, 0.25) is 0 Å². The number of benzene rings is 4. The van der Waals surface area contributed by atoms with Crippen molar-refractivity contribution in [2.75, 3.05) is 26.4 Å². The normalized spacial score (nSPS) is 12.7. The second-order valence-corrected chi connectivity index (χ2v) is 20.0. The quantitative estimate of drug-likeness (QED) is 0.0272. The maximum Gasteiger partial charge on any atom is 0.306 e. The van der Waals surface area contributed by atoms with Gasteiger partial charge in [-0.05, 0) is 44.9 Å². The van der Waals surface area contributed by atoms with E-state index < -0.39 is 0 Å². The van der Waals surface area contributed by atoms with Gasteiger partial charge in [-0.3, -0.25) is 14.8 Å². The summed E-state index contributed by atoms with van der Waals surface area (Å²) in [6.07, 6.45) is 28.9. The maximum atomic E-state index is 12.7. The summed E-state index contributed by atoms with van der Waals surface area (Å²) in [5.74, 6) is -0.0343. The number of esters is 1. The summed E-state index contributed by atoms with van der Waals surface area (Å²) in [4.78, 5) is 22.9.